The van der Waals surface area contributed by atoms with Crippen molar-refractivity contribution in [3.63, 3.8) is 0 Å². The summed E-state index contributed by atoms with van der Waals surface area (Å²) >= 11 is 0. The third-order valence-electron chi connectivity index (χ3n) is 3.77. The maximum absolute atomic E-state index is 14.1. The lowest BCUT2D eigenvalue weighted by Crippen LogP contribution is -2.46. The third kappa shape index (κ3) is 5.21. The van der Waals surface area contributed by atoms with Gasteiger partial charge in [0.15, 0.2) is 23.3 Å². The largest absolute Gasteiger partial charge is 0.314 e. The van der Waals surface area contributed by atoms with Gasteiger partial charge >= 0.3 is 0 Å². The van der Waals surface area contributed by atoms with E-state index in [1.165, 1.54) is 0 Å². The molecule has 1 aliphatic heterocycles. The van der Waals surface area contributed by atoms with Gasteiger partial charge in [-0.15, -0.1) is 24.8 Å². The predicted molar refractivity (Wildman–Crippen MR) is 87.4 cm³/mol. The van der Waals surface area contributed by atoms with Gasteiger partial charge in [0, 0.05) is 43.9 Å². The smallest absolute Gasteiger partial charge is 0.166 e. The van der Waals surface area contributed by atoms with E-state index in [1.807, 2.05) is 18.7 Å². The van der Waals surface area contributed by atoms with Gasteiger partial charge in [-0.25, -0.2) is 17.6 Å². The lowest BCUT2D eigenvalue weighted by Gasteiger charge is -2.36. The molecule has 2 nitrogen and oxygen atoms in total. The first-order chi connectivity index (χ1) is 9.91. The molecule has 0 amide bonds. The Hall–Kier alpha value is -0.560. The van der Waals surface area contributed by atoms with Crippen molar-refractivity contribution in [1.82, 2.24) is 10.2 Å². The van der Waals surface area contributed by atoms with Gasteiger partial charge < -0.3 is 5.32 Å². The molecule has 0 spiro atoms. The molecular formula is C15H22Cl2F4N2. The summed E-state index contributed by atoms with van der Waals surface area (Å²) in [7, 11) is 0. The van der Waals surface area contributed by atoms with Crippen LogP contribution in [0, 0.1) is 29.2 Å². The zero-order valence-corrected chi connectivity index (χ0v) is 14.7. The summed E-state index contributed by atoms with van der Waals surface area (Å²) in [4.78, 5) is 1.89. The molecule has 0 radical (unpaired) electrons. The van der Waals surface area contributed by atoms with Gasteiger partial charge in [0.05, 0.1) is 0 Å². The van der Waals surface area contributed by atoms with E-state index in [-0.39, 0.29) is 36.8 Å². The molecule has 1 aliphatic rings. The Kier molecular flexibility index (Phi) is 9.43. The molecule has 1 heterocycles. The monoisotopic (exact) mass is 376 g/mol. The first kappa shape index (κ1) is 22.4. The van der Waals surface area contributed by atoms with Crippen molar-refractivity contribution in [2.24, 2.45) is 5.92 Å². The zero-order chi connectivity index (χ0) is 15.6. The normalized spacial score (nSPS) is 16.7. The minimum Gasteiger partial charge on any atom is -0.314 e. The first-order valence-corrected chi connectivity index (χ1v) is 7.19. The SMILES string of the molecule is CC(C)C[C@@H](c1c(F)c(F)cc(F)c1F)N1CCNCC1.Cl.Cl. The molecule has 0 unspecified atom stereocenters. The Morgan fingerprint density at radius 2 is 1.48 bits per heavy atom. The Morgan fingerprint density at radius 3 is 1.91 bits per heavy atom. The van der Waals surface area contributed by atoms with Gasteiger partial charge in [-0.2, -0.15) is 0 Å². The number of nitrogens with one attached hydrogen (secondary N) is 1. The molecule has 134 valence electrons. The molecule has 23 heavy (non-hydrogen) atoms. The van der Waals surface area contributed by atoms with Crippen molar-refractivity contribution in [3.05, 3.63) is 34.9 Å². The number of benzene rings is 1. The lowest BCUT2D eigenvalue weighted by molar-refractivity contribution is 0.146. The second-order valence-electron chi connectivity index (χ2n) is 5.81. The van der Waals surface area contributed by atoms with Gasteiger partial charge in [-0.05, 0) is 12.3 Å². The fourth-order valence-electron chi connectivity index (χ4n) is 2.77. The quantitative estimate of drug-likeness (QED) is 0.629. The van der Waals surface area contributed by atoms with Gasteiger partial charge in [0.1, 0.15) is 0 Å². The maximum atomic E-state index is 14.1. The highest BCUT2D eigenvalue weighted by molar-refractivity contribution is 5.85. The van der Waals surface area contributed by atoms with Crippen LogP contribution in [0.2, 0.25) is 0 Å². The summed E-state index contributed by atoms with van der Waals surface area (Å²) < 4.78 is 55.1. The van der Waals surface area contributed by atoms with Crippen molar-refractivity contribution >= 4 is 24.8 Å². The Labute approximate surface area is 146 Å². The molecule has 1 fully saturated rings. The van der Waals surface area contributed by atoms with Crippen molar-refractivity contribution in [3.8, 4) is 0 Å². The zero-order valence-electron chi connectivity index (χ0n) is 13.0. The van der Waals surface area contributed by atoms with Crippen LogP contribution >= 0.6 is 24.8 Å². The standard InChI is InChI=1S/C15H20F4N2.2ClH/c1-9(2)7-12(21-5-3-20-4-6-21)13-14(18)10(16)8-11(17)15(13)19;;/h8-9,12,20H,3-7H2,1-2H3;2*1H/t12-;;/m0../s1. The molecule has 0 bridgehead atoms. The van der Waals surface area contributed by atoms with Crippen LogP contribution in [-0.2, 0) is 0 Å². The van der Waals surface area contributed by atoms with Crippen LogP contribution in [0.5, 0.6) is 0 Å². The molecule has 0 saturated carbocycles. The van der Waals surface area contributed by atoms with Crippen LogP contribution in [-0.4, -0.2) is 31.1 Å². The summed E-state index contributed by atoms with van der Waals surface area (Å²) in [5.74, 6) is -5.09. The van der Waals surface area contributed by atoms with E-state index in [0.717, 1.165) is 0 Å². The summed E-state index contributed by atoms with van der Waals surface area (Å²) in [5.41, 5.74) is -0.483. The molecule has 2 rings (SSSR count). The van der Waals surface area contributed by atoms with E-state index in [9.17, 15) is 17.6 Å². The minimum atomic E-state index is -1.34. The van der Waals surface area contributed by atoms with Gasteiger partial charge in [0.25, 0.3) is 0 Å². The van der Waals surface area contributed by atoms with Crippen LogP contribution in [0.25, 0.3) is 0 Å². The Morgan fingerprint density at radius 1 is 1.00 bits per heavy atom. The van der Waals surface area contributed by atoms with E-state index < -0.39 is 34.9 Å². The summed E-state index contributed by atoms with van der Waals surface area (Å²) in [6.07, 6.45) is 0.441. The van der Waals surface area contributed by atoms with Crippen molar-refractivity contribution < 1.29 is 17.6 Å². The van der Waals surface area contributed by atoms with E-state index in [4.69, 9.17) is 0 Å². The molecule has 1 atom stereocenters. The average molecular weight is 377 g/mol. The summed E-state index contributed by atoms with van der Waals surface area (Å²) in [6.45, 7) is 6.40. The fourth-order valence-corrected chi connectivity index (χ4v) is 2.77. The topological polar surface area (TPSA) is 15.3 Å². The van der Waals surface area contributed by atoms with E-state index in [0.29, 0.717) is 32.6 Å². The highest BCUT2D eigenvalue weighted by atomic mass is 35.5. The molecule has 1 saturated heterocycles. The van der Waals surface area contributed by atoms with Crippen molar-refractivity contribution in [2.45, 2.75) is 26.3 Å². The molecule has 1 aromatic carbocycles. The summed E-state index contributed by atoms with van der Waals surface area (Å²) in [5, 5.41) is 3.15. The number of hydrogen-bond donors (Lipinski definition) is 1. The number of rotatable bonds is 4. The Balaban J connectivity index is 0.00000242. The lowest BCUT2D eigenvalue weighted by atomic mass is 9.94. The predicted octanol–water partition coefficient (Wildman–Crippen LogP) is 4.08. The molecule has 0 aromatic heterocycles. The van der Waals surface area contributed by atoms with Crippen LogP contribution in [0.15, 0.2) is 6.07 Å². The van der Waals surface area contributed by atoms with E-state index >= 15 is 0 Å². The van der Waals surface area contributed by atoms with Crippen LogP contribution < -0.4 is 5.32 Å². The molecule has 1 aromatic rings. The van der Waals surface area contributed by atoms with Crippen LogP contribution in [0.3, 0.4) is 0 Å². The average Bonchev–Trinajstić information content (AvgIpc) is 2.45. The molecule has 8 heteroatoms. The second kappa shape index (κ2) is 9.67. The number of halogens is 6. The van der Waals surface area contributed by atoms with Gasteiger partial charge in [-0.1, -0.05) is 13.8 Å². The second-order valence-corrected chi connectivity index (χ2v) is 5.81. The summed E-state index contributed by atoms with van der Waals surface area (Å²) in [6, 6.07) is -0.393. The molecular weight excluding hydrogens is 355 g/mol. The number of piperazine rings is 1. The maximum Gasteiger partial charge on any atom is 0.166 e. The minimum absolute atomic E-state index is 0. The highest BCUT2D eigenvalue weighted by Crippen LogP contribution is 2.33. The fraction of sp³-hybridized carbons (Fsp3) is 0.600. The number of hydrogen-bond acceptors (Lipinski definition) is 2. The Bertz CT molecular complexity index is 482. The molecule has 0 aliphatic carbocycles. The van der Waals surface area contributed by atoms with Gasteiger partial charge in [-0.3, -0.25) is 4.90 Å². The third-order valence-corrected chi connectivity index (χ3v) is 3.77. The first-order valence-electron chi connectivity index (χ1n) is 7.19. The van der Waals surface area contributed by atoms with Gasteiger partial charge in [0.2, 0.25) is 0 Å². The van der Waals surface area contributed by atoms with Crippen LogP contribution in [0.4, 0.5) is 17.6 Å². The van der Waals surface area contributed by atoms with Crippen molar-refractivity contribution in [2.75, 3.05) is 26.2 Å². The van der Waals surface area contributed by atoms with Crippen LogP contribution in [0.1, 0.15) is 31.9 Å². The molecule has 1 N–H and O–H groups in total. The van der Waals surface area contributed by atoms with Crippen molar-refractivity contribution in [1.29, 1.82) is 0 Å². The number of nitrogens with zero attached hydrogens (tertiary/aromatic N) is 1. The van der Waals surface area contributed by atoms with E-state index in [2.05, 4.69) is 5.32 Å². The highest BCUT2D eigenvalue weighted by Gasteiger charge is 2.31. The van der Waals surface area contributed by atoms with E-state index in [1.54, 1.807) is 0 Å².